The summed E-state index contributed by atoms with van der Waals surface area (Å²) in [5, 5.41) is 12.7. The number of carbonyl (C=O) groups excluding carboxylic acids is 3. The summed E-state index contributed by atoms with van der Waals surface area (Å²) in [6, 6.07) is 3.32. The Labute approximate surface area is 197 Å². The Hall–Kier alpha value is -3.40. The van der Waals surface area contributed by atoms with Crippen LogP contribution in [0.15, 0.2) is 39.5 Å². The summed E-state index contributed by atoms with van der Waals surface area (Å²) in [6.45, 7) is 4.16. The molecule has 3 aliphatic rings. The maximum Gasteiger partial charge on any atom is 0.273 e. The van der Waals surface area contributed by atoms with Gasteiger partial charge in [0.25, 0.3) is 5.91 Å². The van der Waals surface area contributed by atoms with Crippen LogP contribution in [0.25, 0.3) is 0 Å². The van der Waals surface area contributed by atoms with Crippen LogP contribution in [0.3, 0.4) is 0 Å². The molecule has 2 aliphatic heterocycles. The largest absolute Gasteiger partial charge is 0.467 e. The lowest BCUT2D eigenvalue weighted by Crippen LogP contribution is -2.40. The topological polar surface area (TPSA) is 130 Å². The standard InChI is InChI=1S/C24H29N5O5/c30-20(25-13-17-2-1-11-33-17)5-6-21(31)27-16-3-4-19-18(12-16)22(28-34-19)23(32)26-14-24-7-9-29(15-24)10-8-24/h1-2,5-6,11,16H,3-4,7-10,12-15H2,(H,25,30)(H,26,32)(H,27,31)/b6-5+. The Morgan fingerprint density at radius 1 is 1.18 bits per heavy atom. The van der Waals surface area contributed by atoms with Gasteiger partial charge in [-0.1, -0.05) is 5.16 Å². The van der Waals surface area contributed by atoms with Crippen molar-refractivity contribution in [2.45, 2.75) is 44.7 Å². The number of hydrogen-bond donors (Lipinski definition) is 3. The van der Waals surface area contributed by atoms with Crippen LogP contribution in [0.5, 0.6) is 0 Å². The van der Waals surface area contributed by atoms with Gasteiger partial charge in [-0.2, -0.15) is 0 Å². The smallest absolute Gasteiger partial charge is 0.273 e. The van der Waals surface area contributed by atoms with Crippen molar-refractivity contribution in [1.82, 2.24) is 26.0 Å². The number of nitrogens with zero attached hydrogens (tertiary/aromatic N) is 2. The Balaban J connectivity index is 1.12. The monoisotopic (exact) mass is 467 g/mol. The fourth-order valence-electron chi connectivity index (χ4n) is 5.15. The molecule has 1 unspecified atom stereocenters. The molecule has 2 bridgehead atoms. The highest BCUT2D eigenvalue weighted by Gasteiger charge is 2.43. The van der Waals surface area contributed by atoms with Crippen molar-refractivity contribution in [3.63, 3.8) is 0 Å². The second kappa shape index (κ2) is 9.46. The van der Waals surface area contributed by atoms with E-state index in [0.29, 0.717) is 43.0 Å². The van der Waals surface area contributed by atoms with E-state index >= 15 is 0 Å². The zero-order valence-corrected chi connectivity index (χ0v) is 19.0. The fraction of sp³-hybridized carbons (Fsp3) is 0.500. The summed E-state index contributed by atoms with van der Waals surface area (Å²) >= 11 is 0. The van der Waals surface area contributed by atoms with E-state index in [1.165, 1.54) is 18.4 Å². The minimum Gasteiger partial charge on any atom is -0.467 e. The molecule has 0 aromatic carbocycles. The van der Waals surface area contributed by atoms with Gasteiger partial charge in [0, 0.05) is 48.7 Å². The number of aryl methyl sites for hydroxylation is 1. The molecule has 2 saturated heterocycles. The normalized spacial score (nSPS) is 25.3. The molecular formula is C24H29N5O5. The highest BCUT2D eigenvalue weighted by Crippen LogP contribution is 2.39. The Morgan fingerprint density at radius 2 is 2.00 bits per heavy atom. The molecule has 10 heteroatoms. The van der Waals surface area contributed by atoms with E-state index < -0.39 is 0 Å². The van der Waals surface area contributed by atoms with Crippen molar-refractivity contribution >= 4 is 17.7 Å². The molecule has 10 nitrogen and oxygen atoms in total. The first-order valence-electron chi connectivity index (χ1n) is 11.8. The van der Waals surface area contributed by atoms with Gasteiger partial charge in [-0.15, -0.1) is 0 Å². The molecule has 2 aromatic heterocycles. The lowest BCUT2D eigenvalue weighted by molar-refractivity contribution is -0.119. The molecular weight excluding hydrogens is 438 g/mol. The number of piperidine rings is 1. The number of rotatable bonds is 8. The molecule has 0 spiro atoms. The van der Waals surface area contributed by atoms with Crippen LogP contribution in [-0.4, -0.2) is 60.0 Å². The highest BCUT2D eigenvalue weighted by molar-refractivity contribution is 5.97. The second-order valence-corrected chi connectivity index (χ2v) is 9.47. The van der Waals surface area contributed by atoms with Crippen molar-refractivity contribution in [3.05, 3.63) is 53.3 Å². The molecule has 2 fully saturated rings. The average Bonchev–Trinajstić information content (AvgIpc) is 3.64. The van der Waals surface area contributed by atoms with E-state index in [-0.39, 0.29) is 35.7 Å². The van der Waals surface area contributed by atoms with Gasteiger partial charge < -0.3 is 29.8 Å². The number of amides is 3. The number of carbonyl (C=O) groups is 3. The minimum atomic E-state index is -0.386. The van der Waals surface area contributed by atoms with E-state index in [1.54, 1.807) is 12.1 Å². The summed E-state index contributed by atoms with van der Waals surface area (Å²) in [7, 11) is 0. The van der Waals surface area contributed by atoms with Gasteiger partial charge in [-0.3, -0.25) is 14.4 Å². The molecule has 34 heavy (non-hydrogen) atoms. The van der Waals surface area contributed by atoms with Crippen molar-refractivity contribution in [1.29, 1.82) is 0 Å². The van der Waals surface area contributed by atoms with E-state index in [2.05, 4.69) is 26.0 Å². The molecule has 0 saturated carbocycles. The third-order valence-corrected chi connectivity index (χ3v) is 7.10. The number of fused-ring (bicyclic) bond motifs is 3. The summed E-state index contributed by atoms with van der Waals surface area (Å²) in [5.74, 6) is 0.364. The van der Waals surface area contributed by atoms with Gasteiger partial charge in [0.1, 0.15) is 11.5 Å². The quantitative estimate of drug-likeness (QED) is 0.493. The average molecular weight is 468 g/mol. The van der Waals surface area contributed by atoms with Gasteiger partial charge in [0.15, 0.2) is 5.69 Å². The number of furan rings is 1. The summed E-state index contributed by atoms with van der Waals surface area (Å²) < 4.78 is 10.6. The van der Waals surface area contributed by atoms with Gasteiger partial charge in [0.05, 0.1) is 12.8 Å². The lowest BCUT2D eigenvalue weighted by atomic mass is 9.84. The molecule has 180 valence electrons. The van der Waals surface area contributed by atoms with Crippen molar-refractivity contribution in [2.75, 3.05) is 26.2 Å². The van der Waals surface area contributed by atoms with Gasteiger partial charge in [-0.05, 0) is 50.9 Å². The molecule has 1 aliphatic carbocycles. The van der Waals surface area contributed by atoms with Gasteiger partial charge in [0.2, 0.25) is 11.8 Å². The molecule has 4 heterocycles. The molecule has 3 amide bonds. The predicted molar refractivity (Wildman–Crippen MR) is 121 cm³/mol. The number of aromatic nitrogens is 1. The van der Waals surface area contributed by atoms with Gasteiger partial charge in [-0.25, -0.2) is 0 Å². The first kappa shape index (κ1) is 22.4. The van der Waals surface area contributed by atoms with E-state index in [0.717, 1.165) is 38.0 Å². The highest BCUT2D eigenvalue weighted by atomic mass is 16.5. The van der Waals surface area contributed by atoms with Crippen molar-refractivity contribution in [3.8, 4) is 0 Å². The van der Waals surface area contributed by atoms with Crippen LogP contribution < -0.4 is 16.0 Å². The first-order valence-corrected chi connectivity index (χ1v) is 11.8. The Morgan fingerprint density at radius 3 is 2.74 bits per heavy atom. The van der Waals surface area contributed by atoms with Crippen molar-refractivity contribution in [2.24, 2.45) is 5.41 Å². The predicted octanol–water partition coefficient (Wildman–Crippen LogP) is 0.939. The Kier molecular flexibility index (Phi) is 6.23. The van der Waals surface area contributed by atoms with Crippen LogP contribution in [0, 0.1) is 5.41 Å². The molecule has 2 aromatic rings. The van der Waals surface area contributed by atoms with E-state index in [9.17, 15) is 14.4 Å². The third kappa shape index (κ3) is 4.91. The van der Waals surface area contributed by atoms with Gasteiger partial charge >= 0.3 is 0 Å². The maximum atomic E-state index is 12.9. The van der Waals surface area contributed by atoms with Crippen LogP contribution in [0.4, 0.5) is 0 Å². The molecule has 0 radical (unpaired) electrons. The summed E-state index contributed by atoms with van der Waals surface area (Å²) in [5.41, 5.74) is 1.25. The zero-order valence-electron chi connectivity index (χ0n) is 19.0. The SMILES string of the molecule is O=C(/C=C/C(=O)NC1CCc2onc(C(=O)NCC34CCN(CC3)C4)c2C1)NCc1ccco1. The summed E-state index contributed by atoms with van der Waals surface area (Å²) in [4.78, 5) is 39.5. The van der Waals surface area contributed by atoms with Crippen LogP contribution in [0.2, 0.25) is 0 Å². The minimum absolute atomic E-state index is 0.168. The van der Waals surface area contributed by atoms with Crippen LogP contribution in [0.1, 0.15) is 46.8 Å². The zero-order chi connectivity index (χ0) is 23.5. The van der Waals surface area contributed by atoms with E-state index in [4.69, 9.17) is 8.94 Å². The first-order chi connectivity index (χ1) is 16.5. The molecule has 5 rings (SSSR count). The number of hydrogen-bond acceptors (Lipinski definition) is 7. The molecule has 3 N–H and O–H groups in total. The van der Waals surface area contributed by atoms with Crippen LogP contribution >= 0.6 is 0 Å². The second-order valence-electron chi connectivity index (χ2n) is 9.47. The van der Waals surface area contributed by atoms with Crippen LogP contribution in [-0.2, 0) is 29.0 Å². The number of nitrogens with one attached hydrogen (secondary N) is 3. The fourth-order valence-corrected chi connectivity index (χ4v) is 5.15. The van der Waals surface area contributed by atoms with Crippen molar-refractivity contribution < 1.29 is 23.3 Å². The van der Waals surface area contributed by atoms with E-state index in [1.807, 2.05) is 0 Å². The molecule has 1 atom stereocenters. The Bertz CT molecular complexity index is 1080. The summed E-state index contributed by atoms with van der Waals surface area (Å²) in [6.07, 6.45) is 7.89. The maximum absolute atomic E-state index is 12.9. The third-order valence-electron chi connectivity index (χ3n) is 7.10. The lowest BCUT2D eigenvalue weighted by Gasteiger charge is -2.25.